The second-order valence-electron chi connectivity index (χ2n) is 8.99. The fourth-order valence-electron chi connectivity index (χ4n) is 4.42. The molecule has 38 heavy (non-hydrogen) atoms. The number of rotatable bonds is 7. The van der Waals surface area contributed by atoms with E-state index in [0.29, 0.717) is 23.3 Å². The molecule has 3 N–H and O–H groups in total. The predicted molar refractivity (Wildman–Crippen MR) is 140 cm³/mol. The van der Waals surface area contributed by atoms with E-state index in [1.54, 1.807) is 37.3 Å². The largest absolute Gasteiger partial charge is 0.478 e. The van der Waals surface area contributed by atoms with Crippen molar-refractivity contribution in [3.05, 3.63) is 105 Å². The lowest BCUT2D eigenvalue weighted by atomic mass is 10.0. The molecule has 8 nitrogen and oxygen atoms in total. The molecule has 2 heterocycles. The molecule has 0 aliphatic heterocycles. The fraction of sp³-hybridized carbons (Fsp3) is 0.179. The molecule has 0 fully saturated rings. The zero-order valence-electron chi connectivity index (χ0n) is 20.3. The van der Waals surface area contributed by atoms with Crippen LogP contribution in [-0.2, 0) is 13.0 Å². The first-order valence-electron chi connectivity index (χ1n) is 11.9. The molecule has 0 bridgehead atoms. The summed E-state index contributed by atoms with van der Waals surface area (Å²) in [5.74, 6) is -2.02. The number of carbonyl (C=O) groups excluding carboxylic acids is 2. The van der Waals surface area contributed by atoms with Gasteiger partial charge in [-0.15, -0.1) is 11.3 Å². The summed E-state index contributed by atoms with van der Waals surface area (Å²) in [7, 11) is 0. The van der Waals surface area contributed by atoms with E-state index < -0.39 is 17.8 Å². The van der Waals surface area contributed by atoms with Crippen LogP contribution in [0.5, 0.6) is 0 Å². The van der Waals surface area contributed by atoms with E-state index in [0.717, 1.165) is 16.7 Å². The Bertz CT molecular complexity index is 1550. The van der Waals surface area contributed by atoms with E-state index in [1.807, 2.05) is 11.4 Å². The fourth-order valence-corrected chi connectivity index (χ4v) is 5.08. The van der Waals surface area contributed by atoms with Gasteiger partial charge in [-0.05, 0) is 71.7 Å². The van der Waals surface area contributed by atoms with Gasteiger partial charge in [-0.2, -0.15) is 0 Å². The molecule has 2 aromatic heterocycles. The SMILES string of the molecule is Cc1cc(CNC(=O)c2cc(C(=O)N[C@H]3CCc4cc(C(=O)O)ccc43)nc(-c3cccs3)n2)ccc1F. The first-order chi connectivity index (χ1) is 18.3. The van der Waals surface area contributed by atoms with Gasteiger partial charge in [-0.1, -0.05) is 24.3 Å². The number of fused-ring (bicyclic) bond motifs is 1. The van der Waals surface area contributed by atoms with Crippen molar-refractivity contribution in [1.82, 2.24) is 20.6 Å². The van der Waals surface area contributed by atoms with E-state index in [4.69, 9.17) is 0 Å². The Morgan fingerprint density at radius 1 is 1.05 bits per heavy atom. The Kier molecular flexibility index (Phi) is 6.97. The molecular weight excluding hydrogens is 507 g/mol. The van der Waals surface area contributed by atoms with Crippen LogP contribution in [0.4, 0.5) is 4.39 Å². The summed E-state index contributed by atoms with van der Waals surface area (Å²) in [5, 5.41) is 16.8. The van der Waals surface area contributed by atoms with Gasteiger partial charge in [0.1, 0.15) is 17.2 Å². The lowest BCUT2D eigenvalue weighted by molar-refractivity contribution is 0.0696. The van der Waals surface area contributed by atoms with Crippen molar-refractivity contribution in [2.75, 3.05) is 0 Å². The Morgan fingerprint density at radius 2 is 1.84 bits per heavy atom. The molecule has 5 rings (SSSR count). The van der Waals surface area contributed by atoms with Crippen LogP contribution in [-0.4, -0.2) is 32.9 Å². The first kappa shape index (κ1) is 25.2. The molecule has 2 aromatic carbocycles. The van der Waals surface area contributed by atoms with Crippen LogP contribution in [0.2, 0.25) is 0 Å². The molecule has 0 spiro atoms. The maximum absolute atomic E-state index is 13.6. The topological polar surface area (TPSA) is 121 Å². The third-order valence-corrected chi connectivity index (χ3v) is 7.25. The third kappa shape index (κ3) is 5.30. The minimum absolute atomic E-state index is 0.0327. The molecule has 2 amide bonds. The van der Waals surface area contributed by atoms with Gasteiger partial charge >= 0.3 is 5.97 Å². The molecule has 192 valence electrons. The molecule has 4 aromatic rings. The average Bonchev–Trinajstić information content (AvgIpc) is 3.59. The molecule has 0 unspecified atom stereocenters. The van der Waals surface area contributed by atoms with E-state index >= 15 is 0 Å². The summed E-state index contributed by atoms with van der Waals surface area (Å²) in [5.41, 5.74) is 3.24. The summed E-state index contributed by atoms with van der Waals surface area (Å²) in [6, 6.07) is 14.2. The maximum atomic E-state index is 13.6. The number of nitrogens with one attached hydrogen (secondary N) is 2. The Hall–Kier alpha value is -4.44. The monoisotopic (exact) mass is 530 g/mol. The standard InChI is InChI=1S/C28H23FN4O4S/c1-15-11-16(4-8-20(15)29)14-30-26(34)22-13-23(32-25(31-22)24-3-2-10-38-24)27(35)33-21-9-6-17-12-18(28(36)37)5-7-19(17)21/h2-5,7-8,10-13,21H,6,9,14H2,1H3,(H,30,34)(H,33,35)(H,36,37)/t21-/m0/s1. The number of aromatic nitrogens is 2. The van der Waals surface area contributed by atoms with E-state index in [1.165, 1.54) is 29.5 Å². The lowest BCUT2D eigenvalue weighted by Crippen LogP contribution is -2.29. The number of carbonyl (C=O) groups is 3. The van der Waals surface area contributed by atoms with Gasteiger partial charge in [0.05, 0.1) is 16.5 Å². The molecule has 1 aliphatic carbocycles. The highest BCUT2D eigenvalue weighted by molar-refractivity contribution is 7.13. The molecule has 1 aliphatic rings. The number of aromatic carboxylic acids is 1. The van der Waals surface area contributed by atoms with Gasteiger partial charge in [0.15, 0.2) is 5.82 Å². The van der Waals surface area contributed by atoms with Crippen LogP contribution in [0, 0.1) is 12.7 Å². The molecule has 10 heteroatoms. The number of carboxylic acid groups (broad SMARTS) is 1. The van der Waals surface area contributed by atoms with E-state index in [-0.39, 0.29) is 41.2 Å². The van der Waals surface area contributed by atoms with Gasteiger partial charge < -0.3 is 15.7 Å². The average molecular weight is 531 g/mol. The summed E-state index contributed by atoms with van der Waals surface area (Å²) in [4.78, 5) is 47.1. The second-order valence-corrected chi connectivity index (χ2v) is 9.94. The Morgan fingerprint density at radius 3 is 2.55 bits per heavy atom. The number of thiophene rings is 1. The number of aryl methyl sites for hydroxylation is 2. The second kappa shape index (κ2) is 10.5. The molecule has 0 saturated heterocycles. The van der Waals surface area contributed by atoms with Gasteiger partial charge in [-0.3, -0.25) is 9.59 Å². The minimum Gasteiger partial charge on any atom is -0.478 e. The summed E-state index contributed by atoms with van der Waals surface area (Å²) < 4.78 is 13.6. The number of halogens is 1. The van der Waals surface area contributed by atoms with E-state index in [9.17, 15) is 23.9 Å². The summed E-state index contributed by atoms with van der Waals surface area (Å²) >= 11 is 1.39. The van der Waals surface area contributed by atoms with Gasteiger partial charge in [0, 0.05) is 12.6 Å². The van der Waals surface area contributed by atoms with Gasteiger partial charge in [0.2, 0.25) is 0 Å². The Balaban J connectivity index is 1.38. The van der Waals surface area contributed by atoms with Gasteiger partial charge in [0.25, 0.3) is 11.8 Å². The third-order valence-electron chi connectivity index (χ3n) is 6.38. The quantitative estimate of drug-likeness (QED) is 0.319. The lowest BCUT2D eigenvalue weighted by Gasteiger charge is -2.15. The maximum Gasteiger partial charge on any atom is 0.335 e. The number of nitrogens with zero attached hydrogens (tertiary/aromatic N) is 2. The van der Waals surface area contributed by atoms with Crippen molar-refractivity contribution in [2.45, 2.75) is 32.4 Å². The van der Waals surface area contributed by atoms with Crippen molar-refractivity contribution in [2.24, 2.45) is 0 Å². The number of hydrogen-bond donors (Lipinski definition) is 3. The van der Waals surface area contributed by atoms with Crippen LogP contribution in [0.25, 0.3) is 10.7 Å². The molecule has 0 saturated carbocycles. The highest BCUT2D eigenvalue weighted by Gasteiger charge is 2.26. The summed E-state index contributed by atoms with van der Waals surface area (Å²) in [6.45, 7) is 1.81. The smallest absolute Gasteiger partial charge is 0.335 e. The van der Waals surface area contributed by atoms with E-state index in [2.05, 4.69) is 20.6 Å². The van der Waals surface area contributed by atoms with Crippen LogP contribution >= 0.6 is 11.3 Å². The number of carboxylic acids is 1. The Labute approximate surface area is 221 Å². The van der Waals surface area contributed by atoms with Crippen molar-refractivity contribution >= 4 is 29.1 Å². The van der Waals surface area contributed by atoms with Gasteiger partial charge in [-0.25, -0.2) is 19.2 Å². The number of hydrogen-bond acceptors (Lipinski definition) is 6. The first-order valence-corrected chi connectivity index (χ1v) is 12.8. The number of benzene rings is 2. The van der Waals surface area contributed by atoms with Crippen LogP contribution in [0.15, 0.2) is 60.0 Å². The molecule has 0 radical (unpaired) electrons. The van der Waals surface area contributed by atoms with Crippen LogP contribution < -0.4 is 10.6 Å². The summed E-state index contributed by atoms with van der Waals surface area (Å²) in [6.07, 6.45) is 1.26. The van der Waals surface area contributed by atoms with Crippen LogP contribution in [0.1, 0.15) is 66.1 Å². The van der Waals surface area contributed by atoms with Crippen molar-refractivity contribution < 1.29 is 23.9 Å². The van der Waals surface area contributed by atoms with Crippen molar-refractivity contribution in [3.8, 4) is 10.7 Å². The zero-order chi connectivity index (χ0) is 26.8. The van der Waals surface area contributed by atoms with Crippen molar-refractivity contribution in [1.29, 1.82) is 0 Å². The highest BCUT2D eigenvalue weighted by Crippen LogP contribution is 2.32. The van der Waals surface area contributed by atoms with Crippen LogP contribution in [0.3, 0.4) is 0 Å². The molecule has 1 atom stereocenters. The zero-order valence-corrected chi connectivity index (χ0v) is 21.1. The minimum atomic E-state index is -0.997. The normalized spacial score (nSPS) is 14.1. The predicted octanol–water partition coefficient (Wildman–Crippen LogP) is 4.70. The number of amides is 2. The molecular formula is C28H23FN4O4S. The van der Waals surface area contributed by atoms with Crippen molar-refractivity contribution in [3.63, 3.8) is 0 Å². The highest BCUT2D eigenvalue weighted by atomic mass is 32.1.